The summed E-state index contributed by atoms with van der Waals surface area (Å²) in [5.74, 6) is -0.811. The van der Waals surface area contributed by atoms with Gasteiger partial charge in [-0.05, 0) is 6.07 Å². The molecule has 1 aromatic carbocycles. The van der Waals surface area contributed by atoms with Crippen LogP contribution >= 0.6 is 23.2 Å². The number of nitro groups is 1. The van der Waals surface area contributed by atoms with E-state index in [1.807, 2.05) is 0 Å². The van der Waals surface area contributed by atoms with Crippen LogP contribution in [-0.4, -0.2) is 15.9 Å². The topological polar surface area (TPSA) is 69.4 Å². The first-order valence-electron chi connectivity index (χ1n) is 3.74. The van der Waals surface area contributed by atoms with Crippen LogP contribution in [0, 0.1) is 10.1 Å². The minimum atomic E-state index is -1.29. The largest absolute Gasteiger partial charge is 0.428 e. The van der Waals surface area contributed by atoms with Gasteiger partial charge in [0.15, 0.2) is 0 Å². The zero-order valence-electron chi connectivity index (χ0n) is 7.22. The quantitative estimate of drug-likeness (QED) is 0.357. The lowest BCUT2D eigenvalue weighted by molar-refractivity contribution is -0.384. The van der Waals surface area contributed by atoms with Gasteiger partial charge in [-0.3, -0.25) is 10.1 Å². The van der Waals surface area contributed by atoms with Crippen molar-refractivity contribution in [3.8, 4) is 0 Å². The zero-order valence-corrected chi connectivity index (χ0v) is 8.73. The standard InChI is InChI=1S/C8H5Cl2NO4/c9-8(10)15-7(12)5-2-1-3-6(4-5)11(13)14/h1-4,8H. The molecule has 0 spiro atoms. The highest BCUT2D eigenvalue weighted by Crippen LogP contribution is 2.15. The van der Waals surface area contributed by atoms with E-state index < -0.39 is 15.9 Å². The van der Waals surface area contributed by atoms with E-state index in [9.17, 15) is 14.9 Å². The van der Waals surface area contributed by atoms with Crippen LogP contribution in [0.15, 0.2) is 24.3 Å². The third kappa shape index (κ3) is 3.38. The van der Waals surface area contributed by atoms with E-state index in [0.717, 1.165) is 6.07 Å². The van der Waals surface area contributed by atoms with E-state index in [-0.39, 0.29) is 11.3 Å². The fourth-order valence-electron chi connectivity index (χ4n) is 0.895. The summed E-state index contributed by atoms with van der Waals surface area (Å²) in [6.45, 7) is 0. The van der Waals surface area contributed by atoms with Gasteiger partial charge in [-0.15, -0.1) is 0 Å². The van der Waals surface area contributed by atoms with Crippen molar-refractivity contribution in [3.05, 3.63) is 39.9 Å². The average Bonchev–Trinajstić information content (AvgIpc) is 2.17. The van der Waals surface area contributed by atoms with E-state index in [4.69, 9.17) is 23.2 Å². The van der Waals surface area contributed by atoms with Gasteiger partial charge in [-0.25, -0.2) is 4.79 Å². The summed E-state index contributed by atoms with van der Waals surface area (Å²) in [5.41, 5.74) is -0.180. The van der Waals surface area contributed by atoms with E-state index >= 15 is 0 Å². The first kappa shape index (κ1) is 11.7. The summed E-state index contributed by atoms with van der Waals surface area (Å²) in [5, 5.41) is 9.10. The Balaban J connectivity index is 2.90. The third-order valence-corrected chi connectivity index (χ3v) is 1.67. The van der Waals surface area contributed by atoms with Crippen LogP contribution < -0.4 is 0 Å². The molecule has 0 radical (unpaired) electrons. The Kier molecular flexibility index (Phi) is 3.88. The molecule has 0 fully saturated rings. The lowest BCUT2D eigenvalue weighted by Gasteiger charge is -2.03. The van der Waals surface area contributed by atoms with Crippen molar-refractivity contribution in [1.29, 1.82) is 0 Å². The molecular weight excluding hydrogens is 245 g/mol. The monoisotopic (exact) mass is 249 g/mol. The summed E-state index contributed by atoms with van der Waals surface area (Å²) in [7, 11) is 0. The Bertz CT molecular complexity index is 394. The molecule has 15 heavy (non-hydrogen) atoms. The number of ether oxygens (including phenoxy) is 1. The Hall–Kier alpha value is -1.33. The molecule has 0 amide bonds. The Morgan fingerprint density at radius 2 is 2.13 bits per heavy atom. The second-order valence-corrected chi connectivity index (χ2v) is 3.49. The minimum absolute atomic E-state index is 0.0236. The molecule has 0 aliphatic carbocycles. The first-order valence-corrected chi connectivity index (χ1v) is 4.61. The Morgan fingerprint density at radius 3 is 2.67 bits per heavy atom. The Morgan fingerprint density at radius 1 is 1.47 bits per heavy atom. The number of hydrogen-bond donors (Lipinski definition) is 0. The first-order chi connectivity index (χ1) is 7.00. The number of nitro benzene ring substituents is 1. The molecule has 0 aliphatic heterocycles. The minimum Gasteiger partial charge on any atom is -0.428 e. The number of hydrogen-bond acceptors (Lipinski definition) is 4. The van der Waals surface area contributed by atoms with Gasteiger partial charge in [0, 0.05) is 12.1 Å². The van der Waals surface area contributed by atoms with Gasteiger partial charge in [0.25, 0.3) is 10.7 Å². The molecule has 0 N–H and O–H groups in total. The van der Waals surface area contributed by atoms with Gasteiger partial charge < -0.3 is 4.74 Å². The number of carbonyl (C=O) groups is 1. The van der Waals surface area contributed by atoms with Crippen molar-refractivity contribution < 1.29 is 14.5 Å². The summed E-state index contributed by atoms with van der Waals surface area (Å²) in [6.07, 6.45) is 0. The SMILES string of the molecule is O=C(OC(Cl)Cl)c1cccc([N+](=O)[O-])c1. The van der Waals surface area contributed by atoms with Crippen molar-refractivity contribution in [2.24, 2.45) is 0 Å². The number of alkyl halides is 2. The predicted octanol–water partition coefficient (Wildman–Crippen LogP) is 2.51. The number of halogens is 2. The van der Waals surface area contributed by atoms with Crippen molar-refractivity contribution in [3.63, 3.8) is 0 Å². The number of carbonyl (C=O) groups excluding carboxylic acids is 1. The molecule has 0 saturated carbocycles. The second kappa shape index (κ2) is 4.95. The lowest BCUT2D eigenvalue weighted by Crippen LogP contribution is -2.08. The molecule has 1 rings (SSSR count). The molecule has 7 heteroatoms. The molecule has 0 heterocycles. The summed E-state index contributed by atoms with van der Waals surface area (Å²) in [4.78, 5) is 21.0. The highest BCUT2D eigenvalue weighted by atomic mass is 35.5. The summed E-state index contributed by atoms with van der Waals surface area (Å²) >= 11 is 10.4. The van der Waals surface area contributed by atoms with E-state index in [0.29, 0.717) is 0 Å². The lowest BCUT2D eigenvalue weighted by atomic mass is 10.2. The molecule has 0 aliphatic rings. The van der Waals surface area contributed by atoms with Gasteiger partial charge in [0.1, 0.15) is 0 Å². The Labute approximate surface area is 94.7 Å². The van der Waals surface area contributed by atoms with Crippen LogP contribution in [0.5, 0.6) is 0 Å². The van der Waals surface area contributed by atoms with Crippen LogP contribution in [0.2, 0.25) is 0 Å². The van der Waals surface area contributed by atoms with E-state index in [1.165, 1.54) is 18.2 Å². The second-order valence-electron chi connectivity index (χ2n) is 2.47. The zero-order chi connectivity index (χ0) is 11.4. The number of non-ortho nitro benzene ring substituents is 1. The predicted molar refractivity (Wildman–Crippen MR) is 54.0 cm³/mol. The van der Waals surface area contributed by atoms with Gasteiger partial charge in [-0.1, -0.05) is 29.3 Å². The highest BCUT2D eigenvalue weighted by molar-refractivity contribution is 6.43. The number of rotatable bonds is 3. The molecule has 1 aromatic rings. The van der Waals surface area contributed by atoms with Crippen LogP contribution in [0.1, 0.15) is 10.4 Å². The van der Waals surface area contributed by atoms with Crippen molar-refractivity contribution in [2.45, 2.75) is 5.02 Å². The van der Waals surface area contributed by atoms with Crippen molar-refractivity contribution in [1.82, 2.24) is 0 Å². The average molecular weight is 250 g/mol. The molecule has 5 nitrogen and oxygen atoms in total. The highest BCUT2D eigenvalue weighted by Gasteiger charge is 2.14. The summed E-state index contributed by atoms with van der Waals surface area (Å²) < 4.78 is 4.44. The van der Waals surface area contributed by atoms with Crippen LogP contribution in [0.3, 0.4) is 0 Å². The number of nitrogens with zero attached hydrogens (tertiary/aromatic N) is 1. The normalized spacial score (nSPS) is 10.1. The van der Waals surface area contributed by atoms with Gasteiger partial charge >= 0.3 is 5.97 Å². The fourth-order valence-corrected chi connectivity index (χ4v) is 1.06. The molecule has 0 saturated heterocycles. The number of benzene rings is 1. The molecular formula is C8H5Cl2NO4. The van der Waals surface area contributed by atoms with Gasteiger partial charge in [-0.2, -0.15) is 0 Å². The molecule has 0 unspecified atom stereocenters. The number of esters is 1. The van der Waals surface area contributed by atoms with E-state index in [1.54, 1.807) is 0 Å². The molecule has 80 valence electrons. The van der Waals surface area contributed by atoms with Gasteiger partial charge in [0.2, 0.25) is 0 Å². The third-order valence-electron chi connectivity index (χ3n) is 1.49. The summed E-state index contributed by atoms with van der Waals surface area (Å²) in [6, 6.07) is 5.08. The van der Waals surface area contributed by atoms with Gasteiger partial charge in [0.05, 0.1) is 10.5 Å². The van der Waals surface area contributed by atoms with Crippen LogP contribution in [0.4, 0.5) is 5.69 Å². The van der Waals surface area contributed by atoms with Crippen LogP contribution in [0.25, 0.3) is 0 Å². The van der Waals surface area contributed by atoms with E-state index in [2.05, 4.69) is 4.74 Å². The van der Waals surface area contributed by atoms with Crippen LogP contribution in [-0.2, 0) is 4.74 Å². The maximum atomic E-state index is 11.2. The maximum absolute atomic E-state index is 11.2. The van der Waals surface area contributed by atoms with Crippen molar-refractivity contribution in [2.75, 3.05) is 0 Å². The smallest absolute Gasteiger partial charge is 0.340 e. The fraction of sp³-hybridized carbons (Fsp3) is 0.125. The molecule has 0 bridgehead atoms. The molecule has 0 aromatic heterocycles. The maximum Gasteiger partial charge on any atom is 0.340 e. The van der Waals surface area contributed by atoms with Crippen molar-refractivity contribution >= 4 is 34.9 Å². The molecule has 0 atom stereocenters.